The molecule has 182 valence electrons. The second kappa shape index (κ2) is 8.41. The number of carbonyl (C=O) groups is 3. The molecule has 0 radical (unpaired) electrons. The summed E-state index contributed by atoms with van der Waals surface area (Å²) in [5, 5.41) is 2.52. The minimum Gasteiger partial charge on any atom is -0.495 e. The van der Waals surface area contributed by atoms with Gasteiger partial charge in [-0.2, -0.15) is 0 Å². The predicted octanol–water partition coefficient (Wildman–Crippen LogP) is 3.22. The lowest BCUT2D eigenvalue weighted by atomic mass is 9.67. The number of piperazine rings is 1. The van der Waals surface area contributed by atoms with Crippen LogP contribution in [0.5, 0.6) is 5.75 Å². The van der Waals surface area contributed by atoms with Crippen LogP contribution in [0.3, 0.4) is 0 Å². The van der Waals surface area contributed by atoms with Gasteiger partial charge >= 0.3 is 6.03 Å². The highest BCUT2D eigenvalue weighted by atomic mass is 16.5. The first-order valence-electron chi connectivity index (χ1n) is 12.0. The first kappa shape index (κ1) is 22.2. The van der Waals surface area contributed by atoms with Gasteiger partial charge < -0.3 is 14.5 Å². The third-order valence-electron chi connectivity index (χ3n) is 7.57. The molecule has 2 saturated heterocycles. The van der Waals surface area contributed by atoms with E-state index in [4.69, 9.17) is 4.74 Å². The average Bonchev–Trinajstić information content (AvgIpc) is 2.92. The summed E-state index contributed by atoms with van der Waals surface area (Å²) in [5.74, 6) is -0.304. The molecule has 3 aromatic carbocycles. The molecule has 0 aromatic heterocycles. The smallest absolute Gasteiger partial charge is 0.335 e. The fraction of sp³-hybridized carbons (Fsp3) is 0.250. The molecule has 2 atom stereocenters. The fourth-order valence-electron chi connectivity index (χ4n) is 5.88. The number of nitrogens with zero attached hydrogens (tertiary/aromatic N) is 3. The quantitative estimate of drug-likeness (QED) is 0.578. The number of rotatable bonds is 3. The number of hydrogen-bond donors (Lipinski definition) is 1. The number of imide groups is 2. The van der Waals surface area contributed by atoms with E-state index in [1.165, 1.54) is 0 Å². The summed E-state index contributed by atoms with van der Waals surface area (Å²) >= 11 is 0. The van der Waals surface area contributed by atoms with Gasteiger partial charge in [0.15, 0.2) is 5.41 Å². The normalized spacial score (nSPS) is 23.3. The fourth-order valence-corrected chi connectivity index (χ4v) is 5.88. The molecule has 8 heteroatoms. The summed E-state index contributed by atoms with van der Waals surface area (Å²) in [6, 6.07) is 23.2. The maximum Gasteiger partial charge on any atom is 0.335 e. The SMILES string of the molecule is COc1ccccc1N1CCN2c3ccccc3C[C@@]3(C(=O)NC(=O)N(c4ccccc4)C3=O)[C@@H]2C1. The molecule has 0 bridgehead atoms. The summed E-state index contributed by atoms with van der Waals surface area (Å²) < 4.78 is 5.60. The Morgan fingerprint density at radius 2 is 1.56 bits per heavy atom. The maximum absolute atomic E-state index is 14.3. The number of methoxy groups -OCH3 is 1. The molecule has 3 aliphatic rings. The number of nitrogens with one attached hydrogen (secondary N) is 1. The Morgan fingerprint density at radius 3 is 2.33 bits per heavy atom. The summed E-state index contributed by atoms with van der Waals surface area (Å²) in [7, 11) is 1.63. The number of para-hydroxylation sites is 4. The van der Waals surface area contributed by atoms with Crippen molar-refractivity contribution in [3.63, 3.8) is 0 Å². The molecule has 3 aromatic rings. The number of anilines is 3. The number of hydrogen-bond acceptors (Lipinski definition) is 6. The maximum atomic E-state index is 14.3. The number of urea groups is 1. The molecular formula is C28H26N4O4. The third kappa shape index (κ3) is 3.17. The summed E-state index contributed by atoms with van der Waals surface area (Å²) in [6.07, 6.45) is 0.214. The molecule has 1 N–H and O–H groups in total. The van der Waals surface area contributed by atoms with Gasteiger partial charge in [0.25, 0.3) is 5.91 Å². The molecule has 2 fully saturated rings. The van der Waals surface area contributed by atoms with Crippen LogP contribution in [-0.2, 0) is 16.0 Å². The van der Waals surface area contributed by atoms with E-state index in [9.17, 15) is 14.4 Å². The average molecular weight is 483 g/mol. The summed E-state index contributed by atoms with van der Waals surface area (Å²) in [6.45, 7) is 1.73. The number of amides is 4. The second-order valence-corrected chi connectivity index (χ2v) is 9.34. The first-order valence-corrected chi connectivity index (χ1v) is 12.0. The van der Waals surface area contributed by atoms with Crippen molar-refractivity contribution >= 4 is 34.9 Å². The van der Waals surface area contributed by atoms with Gasteiger partial charge in [-0.05, 0) is 42.3 Å². The van der Waals surface area contributed by atoms with Gasteiger partial charge in [0, 0.05) is 25.3 Å². The molecule has 4 amide bonds. The topological polar surface area (TPSA) is 82.2 Å². The van der Waals surface area contributed by atoms with Crippen LogP contribution in [0.1, 0.15) is 5.56 Å². The molecule has 3 heterocycles. The molecule has 36 heavy (non-hydrogen) atoms. The lowest BCUT2D eigenvalue weighted by molar-refractivity contribution is -0.144. The number of fused-ring (bicyclic) bond motifs is 4. The Bertz CT molecular complexity index is 1360. The third-order valence-corrected chi connectivity index (χ3v) is 7.57. The Hall–Kier alpha value is -4.33. The van der Waals surface area contributed by atoms with E-state index in [1.807, 2.05) is 54.6 Å². The van der Waals surface area contributed by atoms with Gasteiger partial charge in [-0.25, -0.2) is 9.69 Å². The van der Waals surface area contributed by atoms with Crippen molar-refractivity contribution in [3.05, 3.63) is 84.4 Å². The van der Waals surface area contributed by atoms with E-state index in [0.717, 1.165) is 27.6 Å². The van der Waals surface area contributed by atoms with Crippen molar-refractivity contribution in [1.82, 2.24) is 5.32 Å². The highest BCUT2D eigenvalue weighted by molar-refractivity contribution is 6.30. The van der Waals surface area contributed by atoms with Crippen LogP contribution in [0.2, 0.25) is 0 Å². The minimum atomic E-state index is -1.47. The van der Waals surface area contributed by atoms with Gasteiger partial charge in [-0.3, -0.25) is 14.9 Å². The summed E-state index contributed by atoms with van der Waals surface area (Å²) in [4.78, 5) is 46.5. The van der Waals surface area contributed by atoms with Crippen LogP contribution in [0.25, 0.3) is 0 Å². The zero-order chi connectivity index (χ0) is 24.9. The van der Waals surface area contributed by atoms with Crippen LogP contribution >= 0.6 is 0 Å². The van der Waals surface area contributed by atoms with Gasteiger partial charge in [0.1, 0.15) is 5.75 Å². The Kier molecular flexibility index (Phi) is 5.17. The number of carbonyl (C=O) groups excluding carboxylic acids is 3. The number of ether oxygens (including phenoxy) is 1. The highest BCUT2D eigenvalue weighted by Gasteiger charge is 2.63. The van der Waals surface area contributed by atoms with E-state index in [1.54, 1.807) is 31.4 Å². The largest absolute Gasteiger partial charge is 0.495 e. The van der Waals surface area contributed by atoms with Crippen LogP contribution in [-0.4, -0.2) is 50.6 Å². The van der Waals surface area contributed by atoms with Crippen molar-refractivity contribution in [2.24, 2.45) is 5.41 Å². The Balaban J connectivity index is 1.49. The van der Waals surface area contributed by atoms with Crippen LogP contribution < -0.4 is 24.8 Å². The summed E-state index contributed by atoms with van der Waals surface area (Å²) in [5.41, 5.74) is 1.82. The lowest BCUT2D eigenvalue weighted by Crippen LogP contribution is -2.75. The van der Waals surface area contributed by atoms with E-state index in [2.05, 4.69) is 15.1 Å². The molecule has 0 aliphatic carbocycles. The minimum absolute atomic E-state index is 0.214. The van der Waals surface area contributed by atoms with Gasteiger partial charge in [-0.15, -0.1) is 0 Å². The highest BCUT2D eigenvalue weighted by Crippen LogP contribution is 2.47. The van der Waals surface area contributed by atoms with E-state index >= 15 is 0 Å². The molecule has 3 aliphatic heterocycles. The number of barbiturate groups is 1. The van der Waals surface area contributed by atoms with E-state index in [-0.39, 0.29) is 6.42 Å². The Labute approximate surface area is 209 Å². The van der Waals surface area contributed by atoms with Crippen molar-refractivity contribution in [2.45, 2.75) is 12.5 Å². The predicted molar refractivity (Wildman–Crippen MR) is 136 cm³/mol. The second-order valence-electron chi connectivity index (χ2n) is 9.34. The monoisotopic (exact) mass is 482 g/mol. The zero-order valence-corrected chi connectivity index (χ0v) is 19.9. The van der Waals surface area contributed by atoms with Gasteiger partial charge in [0.05, 0.1) is 24.5 Å². The molecular weight excluding hydrogens is 456 g/mol. The molecule has 8 nitrogen and oxygen atoms in total. The standard InChI is InChI=1S/C28H26N4O4/c1-36-23-14-8-7-13-22(23)30-15-16-31-21-12-6-5-9-19(21)17-28(24(31)18-30)25(33)29-27(35)32(26(28)34)20-10-3-2-4-11-20/h2-14,24H,15-18H2,1H3,(H,29,33,35)/t24-,28-/m0/s1. The van der Waals surface area contributed by atoms with Crippen LogP contribution in [0.15, 0.2) is 78.9 Å². The van der Waals surface area contributed by atoms with Crippen molar-refractivity contribution in [3.8, 4) is 5.75 Å². The number of benzene rings is 3. The zero-order valence-electron chi connectivity index (χ0n) is 19.9. The van der Waals surface area contributed by atoms with Crippen LogP contribution in [0, 0.1) is 5.41 Å². The van der Waals surface area contributed by atoms with Crippen molar-refractivity contribution in [1.29, 1.82) is 0 Å². The van der Waals surface area contributed by atoms with Crippen molar-refractivity contribution < 1.29 is 19.1 Å². The van der Waals surface area contributed by atoms with Crippen LogP contribution in [0.4, 0.5) is 21.9 Å². The molecule has 6 rings (SSSR count). The molecule has 0 unspecified atom stereocenters. The molecule has 0 saturated carbocycles. The van der Waals surface area contributed by atoms with Gasteiger partial charge in [-0.1, -0.05) is 48.5 Å². The Morgan fingerprint density at radius 1 is 0.861 bits per heavy atom. The van der Waals surface area contributed by atoms with E-state index < -0.39 is 29.3 Å². The van der Waals surface area contributed by atoms with E-state index in [0.29, 0.717) is 25.3 Å². The van der Waals surface area contributed by atoms with Gasteiger partial charge in [0.2, 0.25) is 5.91 Å². The van der Waals surface area contributed by atoms with Crippen molar-refractivity contribution in [2.75, 3.05) is 41.4 Å². The molecule has 1 spiro atoms. The lowest BCUT2D eigenvalue weighted by Gasteiger charge is -2.55. The first-order chi connectivity index (χ1) is 17.5.